The highest BCUT2D eigenvalue weighted by atomic mass is 79.9. The standard InChI is InChI=1S/C8H7Br2NO/c9-5-1-2-6(10)7-4(5)3-11-8(7)12/h1-2,8,11-12H,3H2. The zero-order valence-corrected chi connectivity index (χ0v) is 9.31. The average Bonchev–Trinajstić information content (AvgIpc) is 2.42. The molecule has 0 aromatic heterocycles. The van der Waals surface area contributed by atoms with E-state index >= 15 is 0 Å². The van der Waals surface area contributed by atoms with Gasteiger partial charge >= 0.3 is 0 Å². The van der Waals surface area contributed by atoms with Crippen LogP contribution in [0, 0.1) is 0 Å². The van der Waals surface area contributed by atoms with Gasteiger partial charge in [-0.25, -0.2) is 0 Å². The Bertz CT molecular complexity index is 327. The average molecular weight is 293 g/mol. The molecule has 1 aromatic carbocycles. The predicted molar refractivity (Wildman–Crippen MR) is 53.6 cm³/mol. The van der Waals surface area contributed by atoms with Crippen LogP contribution < -0.4 is 5.32 Å². The Hall–Kier alpha value is 0.1000. The van der Waals surface area contributed by atoms with Gasteiger partial charge in [0.15, 0.2) is 0 Å². The van der Waals surface area contributed by atoms with Gasteiger partial charge in [-0.05, 0) is 17.7 Å². The third-order valence-corrected chi connectivity index (χ3v) is 3.43. The van der Waals surface area contributed by atoms with Gasteiger partial charge in [0, 0.05) is 21.1 Å². The van der Waals surface area contributed by atoms with Crippen molar-refractivity contribution in [1.82, 2.24) is 5.32 Å². The van der Waals surface area contributed by atoms with Gasteiger partial charge in [0.2, 0.25) is 0 Å². The maximum absolute atomic E-state index is 9.52. The Morgan fingerprint density at radius 3 is 2.67 bits per heavy atom. The second-order valence-electron chi connectivity index (χ2n) is 2.70. The number of aliphatic hydroxyl groups is 1. The summed E-state index contributed by atoms with van der Waals surface area (Å²) in [6.07, 6.45) is -0.535. The number of hydrogen-bond donors (Lipinski definition) is 2. The Morgan fingerprint density at radius 2 is 2.00 bits per heavy atom. The first-order chi connectivity index (χ1) is 5.70. The minimum absolute atomic E-state index is 0.535. The zero-order chi connectivity index (χ0) is 8.72. The van der Waals surface area contributed by atoms with E-state index in [2.05, 4.69) is 37.2 Å². The summed E-state index contributed by atoms with van der Waals surface area (Å²) in [5, 5.41) is 12.5. The van der Waals surface area contributed by atoms with E-state index in [0.29, 0.717) is 0 Å². The molecule has 0 saturated carbocycles. The van der Waals surface area contributed by atoms with Gasteiger partial charge in [-0.3, -0.25) is 5.32 Å². The van der Waals surface area contributed by atoms with E-state index in [1.54, 1.807) is 0 Å². The summed E-state index contributed by atoms with van der Waals surface area (Å²) in [5.41, 5.74) is 2.08. The maximum Gasteiger partial charge on any atom is 0.132 e. The largest absolute Gasteiger partial charge is 0.374 e. The SMILES string of the molecule is OC1NCc2c(Br)ccc(Br)c21. The van der Waals surface area contributed by atoms with Crippen molar-refractivity contribution in [3.05, 3.63) is 32.2 Å². The minimum atomic E-state index is -0.535. The van der Waals surface area contributed by atoms with Crippen LogP contribution in [0.2, 0.25) is 0 Å². The van der Waals surface area contributed by atoms with Crippen molar-refractivity contribution in [1.29, 1.82) is 0 Å². The van der Waals surface area contributed by atoms with Crippen molar-refractivity contribution in [2.24, 2.45) is 0 Å². The molecule has 12 heavy (non-hydrogen) atoms. The molecule has 2 nitrogen and oxygen atoms in total. The Balaban J connectivity index is 2.64. The molecular weight excluding hydrogens is 286 g/mol. The fraction of sp³-hybridized carbons (Fsp3) is 0.250. The molecule has 0 amide bonds. The van der Waals surface area contributed by atoms with Gasteiger partial charge in [-0.2, -0.15) is 0 Å². The summed E-state index contributed by atoms with van der Waals surface area (Å²) in [7, 11) is 0. The predicted octanol–water partition coefficient (Wildman–Crippen LogP) is 2.31. The van der Waals surface area contributed by atoms with Crippen molar-refractivity contribution < 1.29 is 5.11 Å². The normalized spacial score (nSPS) is 21.1. The van der Waals surface area contributed by atoms with Crippen LogP contribution in [0.4, 0.5) is 0 Å². The van der Waals surface area contributed by atoms with Gasteiger partial charge in [0.25, 0.3) is 0 Å². The first-order valence-corrected chi connectivity index (χ1v) is 5.17. The van der Waals surface area contributed by atoms with Gasteiger partial charge in [-0.1, -0.05) is 31.9 Å². The first-order valence-electron chi connectivity index (χ1n) is 3.58. The van der Waals surface area contributed by atoms with Crippen LogP contribution in [-0.2, 0) is 6.54 Å². The Labute approximate surface area is 87.2 Å². The summed E-state index contributed by atoms with van der Waals surface area (Å²) >= 11 is 6.84. The fourth-order valence-corrected chi connectivity index (χ4v) is 2.46. The van der Waals surface area contributed by atoms with Crippen molar-refractivity contribution >= 4 is 31.9 Å². The summed E-state index contributed by atoms with van der Waals surface area (Å²) in [6, 6.07) is 3.90. The van der Waals surface area contributed by atoms with E-state index in [1.165, 1.54) is 0 Å². The van der Waals surface area contributed by atoms with E-state index in [0.717, 1.165) is 26.6 Å². The van der Waals surface area contributed by atoms with Crippen LogP contribution in [0.15, 0.2) is 21.1 Å². The molecule has 0 radical (unpaired) electrons. The molecule has 1 aliphatic rings. The van der Waals surface area contributed by atoms with E-state index in [-0.39, 0.29) is 0 Å². The number of nitrogens with one attached hydrogen (secondary N) is 1. The number of aliphatic hydroxyl groups excluding tert-OH is 1. The Morgan fingerprint density at radius 1 is 1.33 bits per heavy atom. The van der Waals surface area contributed by atoms with Crippen molar-refractivity contribution in [3.8, 4) is 0 Å². The van der Waals surface area contributed by atoms with Gasteiger partial charge < -0.3 is 5.11 Å². The molecule has 0 aliphatic carbocycles. The number of fused-ring (bicyclic) bond motifs is 1. The van der Waals surface area contributed by atoms with E-state index < -0.39 is 6.23 Å². The monoisotopic (exact) mass is 291 g/mol. The second kappa shape index (κ2) is 3.10. The molecule has 0 bridgehead atoms. The van der Waals surface area contributed by atoms with Gasteiger partial charge in [-0.15, -0.1) is 0 Å². The molecular formula is C8H7Br2NO. The van der Waals surface area contributed by atoms with Crippen LogP contribution in [0.1, 0.15) is 17.4 Å². The lowest BCUT2D eigenvalue weighted by atomic mass is 10.1. The second-order valence-corrected chi connectivity index (χ2v) is 4.41. The highest BCUT2D eigenvalue weighted by molar-refractivity contribution is 9.11. The molecule has 4 heteroatoms. The molecule has 1 aromatic rings. The molecule has 1 atom stereocenters. The van der Waals surface area contributed by atoms with Crippen LogP contribution in [0.3, 0.4) is 0 Å². The third-order valence-electron chi connectivity index (χ3n) is 1.99. The molecule has 0 fully saturated rings. The zero-order valence-electron chi connectivity index (χ0n) is 6.14. The molecule has 64 valence electrons. The third kappa shape index (κ3) is 1.23. The summed E-state index contributed by atoms with van der Waals surface area (Å²) in [5.74, 6) is 0. The summed E-state index contributed by atoms with van der Waals surface area (Å²) in [4.78, 5) is 0. The highest BCUT2D eigenvalue weighted by Gasteiger charge is 2.23. The smallest absolute Gasteiger partial charge is 0.132 e. The van der Waals surface area contributed by atoms with E-state index in [9.17, 15) is 5.11 Å². The molecule has 1 heterocycles. The number of rotatable bonds is 0. The van der Waals surface area contributed by atoms with Crippen LogP contribution in [0.25, 0.3) is 0 Å². The maximum atomic E-state index is 9.52. The lowest BCUT2D eigenvalue weighted by Crippen LogP contribution is -2.10. The molecule has 2 rings (SSSR count). The lowest BCUT2D eigenvalue weighted by Gasteiger charge is -2.06. The highest BCUT2D eigenvalue weighted by Crippen LogP contribution is 2.35. The Kier molecular flexibility index (Phi) is 2.25. The van der Waals surface area contributed by atoms with Crippen molar-refractivity contribution in [3.63, 3.8) is 0 Å². The molecule has 0 saturated heterocycles. The number of benzene rings is 1. The summed E-state index contributed by atoms with van der Waals surface area (Å²) < 4.78 is 2.00. The summed E-state index contributed by atoms with van der Waals surface area (Å²) in [6.45, 7) is 0.719. The first kappa shape index (κ1) is 8.69. The topological polar surface area (TPSA) is 32.3 Å². The lowest BCUT2D eigenvalue weighted by molar-refractivity contribution is 0.151. The van der Waals surface area contributed by atoms with E-state index in [4.69, 9.17) is 0 Å². The van der Waals surface area contributed by atoms with Crippen molar-refractivity contribution in [2.45, 2.75) is 12.8 Å². The van der Waals surface area contributed by atoms with Crippen LogP contribution in [-0.4, -0.2) is 5.11 Å². The van der Waals surface area contributed by atoms with Gasteiger partial charge in [0.05, 0.1) is 0 Å². The minimum Gasteiger partial charge on any atom is -0.374 e. The van der Waals surface area contributed by atoms with Crippen LogP contribution in [0.5, 0.6) is 0 Å². The molecule has 2 N–H and O–H groups in total. The van der Waals surface area contributed by atoms with Crippen molar-refractivity contribution in [2.75, 3.05) is 0 Å². The quantitative estimate of drug-likeness (QED) is 0.769. The molecule has 1 unspecified atom stereocenters. The van der Waals surface area contributed by atoms with E-state index in [1.807, 2.05) is 12.1 Å². The van der Waals surface area contributed by atoms with Crippen LogP contribution >= 0.6 is 31.9 Å². The molecule has 1 aliphatic heterocycles. The van der Waals surface area contributed by atoms with Gasteiger partial charge in [0.1, 0.15) is 6.23 Å². The molecule has 0 spiro atoms. The number of halogens is 2. The fourth-order valence-electron chi connectivity index (χ4n) is 1.39. The number of hydrogen-bond acceptors (Lipinski definition) is 2.